The number of piperidine rings is 1. The number of likely N-dealkylation sites (tertiary alicyclic amines) is 1. The van der Waals surface area contributed by atoms with E-state index >= 15 is 0 Å². The quantitative estimate of drug-likeness (QED) is 0.492. The first kappa shape index (κ1) is 23.6. The Morgan fingerprint density at radius 2 is 1.91 bits per heavy atom. The molecule has 0 radical (unpaired) electrons. The molecule has 1 aromatic heterocycles. The van der Waals surface area contributed by atoms with Crippen molar-refractivity contribution in [1.82, 2.24) is 19.6 Å². The molecule has 2 unspecified atom stereocenters. The second-order valence-electron chi connectivity index (χ2n) is 9.94. The van der Waals surface area contributed by atoms with Gasteiger partial charge in [0, 0.05) is 23.7 Å². The number of amides is 2. The van der Waals surface area contributed by atoms with Crippen molar-refractivity contribution in [3.05, 3.63) is 82.1 Å². The second-order valence-corrected chi connectivity index (χ2v) is 10.4. The van der Waals surface area contributed by atoms with Crippen LogP contribution in [0.4, 0.5) is 0 Å². The Morgan fingerprint density at radius 3 is 2.63 bits per heavy atom. The maximum Gasteiger partial charge on any atom is 0.273 e. The number of rotatable bonds is 5. The molecule has 3 aromatic rings. The van der Waals surface area contributed by atoms with Gasteiger partial charge in [-0.05, 0) is 55.5 Å². The first-order valence-corrected chi connectivity index (χ1v) is 12.7. The Bertz CT molecular complexity index is 1250. The summed E-state index contributed by atoms with van der Waals surface area (Å²) < 4.78 is 1.80. The Morgan fingerprint density at radius 1 is 1.14 bits per heavy atom. The number of nitrogens with zero attached hydrogens (tertiary/aromatic N) is 4. The summed E-state index contributed by atoms with van der Waals surface area (Å²) in [5.74, 6) is 0.316. The Hall–Kier alpha value is -3.12. The Balaban J connectivity index is 1.42. The molecule has 3 heterocycles. The Labute approximate surface area is 211 Å². The van der Waals surface area contributed by atoms with E-state index < -0.39 is 0 Å². The molecule has 2 aliphatic rings. The first-order chi connectivity index (χ1) is 16.8. The highest BCUT2D eigenvalue weighted by molar-refractivity contribution is 6.30. The average molecular weight is 491 g/mol. The van der Waals surface area contributed by atoms with E-state index in [4.69, 9.17) is 16.7 Å². The molecule has 2 aromatic carbocycles. The number of hydrogen-bond donors (Lipinski definition) is 0. The lowest BCUT2D eigenvalue weighted by Gasteiger charge is -2.41. The molecule has 0 saturated carbocycles. The molecule has 0 aliphatic carbocycles. The summed E-state index contributed by atoms with van der Waals surface area (Å²) in [6, 6.07) is 17.2. The minimum Gasteiger partial charge on any atom is -0.340 e. The lowest BCUT2D eigenvalue weighted by molar-refractivity contribution is -0.132. The average Bonchev–Trinajstić information content (AvgIpc) is 3.35. The number of halogens is 1. The molecule has 182 valence electrons. The molecule has 2 atom stereocenters. The zero-order valence-electron chi connectivity index (χ0n) is 20.4. The predicted molar refractivity (Wildman–Crippen MR) is 137 cm³/mol. The monoisotopic (exact) mass is 490 g/mol. The summed E-state index contributed by atoms with van der Waals surface area (Å²) in [6.45, 7) is 7.57. The minimum absolute atomic E-state index is 0.0114. The third-order valence-electron chi connectivity index (χ3n) is 7.16. The molecule has 2 aliphatic heterocycles. The molecular formula is C28H31ClN4O2. The van der Waals surface area contributed by atoms with Crippen LogP contribution in [-0.2, 0) is 11.2 Å². The van der Waals surface area contributed by atoms with Crippen LogP contribution in [0.2, 0.25) is 5.02 Å². The maximum atomic E-state index is 14.0. The number of benzene rings is 2. The zero-order chi connectivity index (χ0) is 24.7. The van der Waals surface area contributed by atoms with Crippen LogP contribution in [0.25, 0.3) is 5.69 Å². The summed E-state index contributed by atoms with van der Waals surface area (Å²) in [5.41, 5.74) is 4.37. The summed E-state index contributed by atoms with van der Waals surface area (Å²) in [5, 5.41) is 5.39. The van der Waals surface area contributed by atoms with Crippen LogP contribution in [0, 0.1) is 12.8 Å². The van der Waals surface area contributed by atoms with Gasteiger partial charge in [-0.15, -0.1) is 0 Å². The van der Waals surface area contributed by atoms with E-state index in [-0.39, 0.29) is 29.8 Å². The molecule has 6 nitrogen and oxygen atoms in total. The van der Waals surface area contributed by atoms with Gasteiger partial charge in [0.15, 0.2) is 0 Å². The van der Waals surface area contributed by atoms with Crippen LogP contribution in [-0.4, -0.2) is 50.5 Å². The summed E-state index contributed by atoms with van der Waals surface area (Å²) in [7, 11) is 0. The third-order valence-corrected chi connectivity index (χ3v) is 7.39. The van der Waals surface area contributed by atoms with Crippen molar-refractivity contribution in [2.75, 3.05) is 13.1 Å². The number of hydrogen-bond acceptors (Lipinski definition) is 3. The van der Waals surface area contributed by atoms with Crippen molar-refractivity contribution in [1.29, 1.82) is 0 Å². The number of fused-ring (bicyclic) bond motifs is 1. The number of aromatic nitrogens is 2. The van der Waals surface area contributed by atoms with Gasteiger partial charge in [-0.3, -0.25) is 9.59 Å². The summed E-state index contributed by atoms with van der Waals surface area (Å²) >= 11 is 6.11. The van der Waals surface area contributed by atoms with Crippen molar-refractivity contribution < 1.29 is 9.59 Å². The molecule has 35 heavy (non-hydrogen) atoms. The smallest absolute Gasteiger partial charge is 0.273 e. The van der Waals surface area contributed by atoms with E-state index in [0.29, 0.717) is 30.2 Å². The molecule has 2 amide bonds. The van der Waals surface area contributed by atoms with E-state index in [1.807, 2.05) is 71.3 Å². The van der Waals surface area contributed by atoms with Gasteiger partial charge in [-0.1, -0.05) is 55.8 Å². The van der Waals surface area contributed by atoms with Crippen LogP contribution < -0.4 is 0 Å². The van der Waals surface area contributed by atoms with Gasteiger partial charge >= 0.3 is 0 Å². The van der Waals surface area contributed by atoms with E-state index in [9.17, 15) is 9.59 Å². The fourth-order valence-corrected chi connectivity index (χ4v) is 5.84. The summed E-state index contributed by atoms with van der Waals surface area (Å²) in [6.07, 6.45) is 2.08. The van der Waals surface area contributed by atoms with Gasteiger partial charge in [0.2, 0.25) is 5.91 Å². The van der Waals surface area contributed by atoms with Gasteiger partial charge in [-0.25, -0.2) is 4.68 Å². The molecular weight excluding hydrogens is 460 g/mol. The van der Waals surface area contributed by atoms with Crippen molar-refractivity contribution >= 4 is 23.4 Å². The molecule has 5 rings (SSSR count). The number of carbonyl (C=O) groups is 2. The fourth-order valence-electron chi connectivity index (χ4n) is 5.63. The van der Waals surface area contributed by atoms with Crippen LogP contribution in [0.15, 0.2) is 54.6 Å². The highest BCUT2D eigenvalue weighted by atomic mass is 35.5. The predicted octanol–water partition coefficient (Wildman–Crippen LogP) is 5.22. The van der Waals surface area contributed by atoms with Gasteiger partial charge in [-0.2, -0.15) is 5.10 Å². The van der Waals surface area contributed by atoms with Crippen LogP contribution in [0.5, 0.6) is 0 Å². The van der Waals surface area contributed by atoms with Crippen LogP contribution >= 0.6 is 11.6 Å². The van der Waals surface area contributed by atoms with Crippen LogP contribution in [0.3, 0.4) is 0 Å². The van der Waals surface area contributed by atoms with Gasteiger partial charge in [0.25, 0.3) is 5.91 Å². The lowest BCUT2D eigenvalue weighted by Crippen LogP contribution is -2.52. The molecule has 7 heteroatoms. The maximum absolute atomic E-state index is 14.0. The minimum atomic E-state index is -0.0528. The fraction of sp³-hybridized carbons (Fsp3) is 0.393. The second kappa shape index (κ2) is 9.50. The molecule has 0 spiro atoms. The largest absolute Gasteiger partial charge is 0.340 e. The lowest BCUT2D eigenvalue weighted by atomic mass is 9.94. The SMILES string of the molecule is Cc1nn(-c2ccccc2)c2c1C(C(C)C)N(C1CCCN(C(=O)Cc3cccc(Cl)c3)C1)C2=O. The molecule has 1 fully saturated rings. The highest BCUT2D eigenvalue weighted by Crippen LogP contribution is 2.43. The number of carbonyl (C=O) groups excluding carboxylic acids is 2. The number of aryl methyl sites for hydroxylation is 1. The zero-order valence-corrected chi connectivity index (χ0v) is 21.2. The van der Waals surface area contributed by atoms with Gasteiger partial charge in [0.1, 0.15) is 5.69 Å². The van der Waals surface area contributed by atoms with Gasteiger partial charge in [0.05, 0.1) is 29.9 Å². The van der Waals surface area contributed by atoms with E-state index in [2.05, 4.69) is 13.8 Å². The number of para-hydroxylation sites is 1. The molecule has 0 bridgehead atoms. The molecule has 0 N–H and O–H groups in total. The third kappa shape index (κ3) is 4.36. The standard InChI is InChI=1S/C28H31ClN4O2/c1-18(2)26-25-19(3)30-33(22-11-5-4-6-12-22)27(25)28(35)32(26)23-13-8-14-31(17-23)24(34)16-20-9-7-10-21(29)15-20/h4-7,9-12,15,18,23,26H,8,13-14,16-17H2,1-3H3. The highest BCUT2D eigenvalue weighted by Gasteiger charge is 2.47. The molecule has 1 saturated heterocycles. The summed E-state index contributed by atoms with van der Waals surface area (Å²) in [4.78, 5) is 31.1. The van der Waals surface area contributed by atoms with Crippen molar-refractivity contribution in [3.63, 3.8) is 0 Å². The van der Waals surface area contributed by atoms with Gasteiger partial charge < -0.3 is 9.80 Å². The van der Waals surface area contributed by atoms with Crippen LogP contribution in [0.1, 0.15) is 60.0 Å². The van der Waals surface area contributed by atoms with Crippen molar-refractivity contribution in [2.45, 2.75) is 52.1 Å². The van der Waals surface area contributed by atoms with Crippen molar-refractivity contribution in [3.8, 4) is 5.69 Å². The van der Waals surface area contributed by atoms with Crippen molar-refractivity contribution in [2.24, 2.45) is 5.92 Å². The topological polar surface area (TPSA) is 58.4 Å². The Kier molecular flexibility index (Phi) is 6.41. The normalized spacial score (nSPS) is 20.0. The van der Waals surface area contributed by atoms with E-state index in [1.165, 1.54) is 0 Å². The first-order valence-electron chi connectivity index (χ1n) is 12.3. The van der Waals surface area contributed by atoms with E-state index in [1.54, 1.807) is 4.68 Å². The van der Waals surface area contributed by atoms with E-state index in [0.717, 1.165) is 35.3 Å².